The van der Waals surface area contributed by atoms with Gasteiger partial charge in [-0.3, -0.25) is 16.9 Å². The Hall–Kier alpha value is -1.67. The second kappa shape index (κ2) is 5.27. The van der Waals surface area contributed by atoms with Crippen LogP contribution in [0.2, 0.25) is 0 Å². The number of hydrogen-bond donors (Lipinski definition) is 3. The molecule has 0 aliphatic heterocycles. The van der Waals surface area contributed by atoms with Gasteiger partial charge in [-0.25, -0.2) is 12.8 Å². The second-order valence-corrected chi connectivity index (χ2v) is 3.79. The summed E-state index contributed by atoms with van der Waals surface area (Å²) in [5.41, 5.74) is 9.17. The summed E-state index contributed by atoms with van der Waals surface area (Å²) in [6, 6.07) is 3.96. The lowest BCUT2D eigenvalue weighted by Crippen LogP contribution is -2.51. The van der Waals surface area contributed by atoms with Crippen molar-refractivity contribution in [2.45, 2.75) is 4.90 Å². The fourth-order valence-electron chi connectivity index (χ4n) is 0.623. The van der Waals surface area contributed by atoms with Crippen LogP contribution < -0.4 is 16.9 Å². The van der Waals surface area contributed by atoms with Crippen LogP contribution >= 0.6 is 0 Å². The molecule has 0 bridgehead atoms. The lowest BCUT2D eigenvalue weighted by molar-refractivity contribution is -0.116. The molecule has 0 saturated carbocycles. The molecule has 0 aliphatic rings. The molecule has 6 N–H and O–H groups in total. The minimum Gasteiger partial charge on any atom is -0.744 e. The van der Waals surface area contributed by atoms with Gasteiger partial charge in [-0.15, -0.1) is 0 Å². The van der Waals surface area contributed by atoms with E-state index in [9.17, 15) is 17.4 Å². The van der Waals surface area contributed by atoms with Crippen LogP contribution in [0, 0.1) is 5.82 Å². The maximum atomic E-state index is 12.3. The minimum atomic E-state index is -4.52. The third-order valence-electron chi connectivity index (χ3n) is 1.08. The van der Waals surface area contributed by atoms with E-state index in [1.807, 2.05) is 0 Å². The van der Waals surface area contributed by atoms with E-state index in [4.69, 9.17) is 0 Å². The zero-order valence-electron chi connectivity index (χ0n) is 7.55. The van der Waals surface area contributed by atoms with E-state index in [-0.39, 0.29) is 5.96 Å². The van der Waals surface area contributed by atoms with Crippen molar-refractivity contribution in [2.75, 3.05) is 0 Å². The van der Waals surface area contributed by atoms with E-state index in [1.165, 1.54) is 6.07 Å². The van der Waals surface area contributed by atoms with Crippen LogP contribution in [-0.2, 0) is 10.1 Å². The molecule has 1 aromatic carbocycles. The molecule has 0 aliphatic carbocycles. The zero-order valence-corrected chi connectivity index (χ0v) is 8.37. The second-order valence-electron chi connectivity index (χ2n) is 2.41. The Morgan fingerprint density at radius 3 is 2.13 bits per heavy atom. The molecular weight excluding hydrogens is 225 g/mol. The molecule has 0 fully saturated rings. The normalized spacial score (nSPS) is 10.0. The van der Waals surface area contributed by atoms with Crippen molar-refractivity contribution in [3.8, 4) is 0 Å². The van der Waals surface area contributed by atoms with Gasteiger partial charge < -0.3 is 4.55 Å². The first-order chi connectivity index (χ1) is 6.73. The monoisotopic (exact) mass is 235 g/mol. The first-order valence-corrected chi connectivity index (χ1v) is 4.99. The molecular formula is C7H10FN3O3S. The van der Waals surface area contributed by atoms with E-state index in [0.717, 1.165) is 12.1 Å². The molecule has 8 heteroatoms. The predicted molar refractivity (Wildman–Crippen MR) is 49.7 cm³/mol. The van der Waals surface area contributed by atoms with Crippen molar-refractivity contribution in [3.63, 3.8) is 0 Å². The van der Waals surface area contributed by atoms with Crippen molar-refractivity contribution in [2.24, 2.45) is 11.5 Å². The summed E-state index contributed by atoms with van der Waals surface area (Å²) < 4.78 is 43.1. The van der Waals surface area contributed by atoms with Gasteiger partial charge in [0.1, 0.15) is 15.9 Å². The number of guanidine groups is 1. The van der Waals surface area contributed by atoms with Gasteiger partial charge in [-0.1, -0.05) is 6.07 Å². The third kappa shape index (κ3) is 6.41. The van der Waals surface area contributed by atoms with Crippen molar-refractivity contribution in [3.05, 3.63) is 30.1 Å². The van der Waals surface area contributed by atoms with Gasteiger partial charge in [0.25, 0.3) is 0 Å². The SMILES string of the molecule is NC(N)=[NH2+].O=S(=O)([O-])c1cccc(F)c1. The number of halogens is 1. The fraction of sp³-hybridized carbons (Fsp3) is 0. The first kappa shape index (κ1) is 13.3. The van der Waals surface area contributed by atoms with Gasteiger partial charge in [0.05, 0.1) is 4.90 Å². The summed E-state index contributed by atoms with van der Waals surface area (Å²) in [7, 11) is -4.52. The summed E-state index contributed by atoms with van der Waals surface area (Å²) >= 11 is 0. The van der Waals surface area contributed by atoms with Crippen molar-refractivity contribution < 1.29 is 22.8 Å². The molecule has 0 aromatic heterocycles. The summed E-state index contributed by atoms with van der Waals surface area (Å²) in [4.78, 5) is -0.544. The highest BCUT2D eigenvalue weighted by atomic mass is 32.2. The quantitative estimate of drug-likeness (QED) is 0.287. The molecule has 1 rings (SSSR count). The van der Waals surface area contributed by atoms with Crippen molar-refractivity contribution in [1.29, 1.82) is 0 Å². The average molecular weight is 235 g/mol. The molecule has 0 heterocycles. The maximum absolute atomic E-state index is 12.3. The van der Waals surface area contributed by atoms with E-state index in [0.29, 0.717) is 6.07 Å². The van der Waals surface area contributed by atoms with Crippen LogP contribution in [0.15, 0.2) is 29.2 Å². The third-order valence-corrected chi connectivity index (χ3v) is 1.92. The molecule has 84 valence electrons. The standard InChI is InChI=1S/C6H5FO3S.CH5N3/c7-5-2-1-3-6(4-5)11(8,9)10;2-1(3)4/h1-4H,(H,8,9,10);(H5,2,3,4). The molecule has 0 radical (unpaired) electrons. The Morgan fingerprint density at radius 1 is 1.40 bits per heavy atom. The van der Waals surface area contributed by atoms with Gasteiger partial charge in [0, 0.05) is 0 Å². The Balaban J connectivity index is 0.000000423. The number of rotatable bonds is 1. The summed E-state index contributed by atoms with van der Waals surface area (Å²) in [5, 5.41) is 4.58. The Labute approximate surface area is 86.0 Å². The lowest BCUT2D eigenvalue weighted by Gasteiger charge is -2.05. The molecule has 6 nitrogen and oxygen atoms in total. The van der Waals surface area contributed by atoms with E-state index >= 15 is 0 Å². The summed E-state index contributed by atoms with van der Waals surface area (Å²) in [5.74, 6) is -0.818. The van der Waals surface area contributed by atoms with Crippen LogP contribution in [-0.4, -0.2) is 18.9 Å². The Kier molecular flexibility index (Phi) is 4.68. The molecule has 1 aromatic rings. The smallest absolute Gasteiger partial charge is 0.336 e. The van der Waals surface area contributed by atoms with Gasteiger partial charge in [-0.05, 0) is 18.2 Å². The van der Waals surface area contributed by atoms with Gasteiger partial charge in [0.2, 0.25) is 0 Å². The minimum absolute atomic E-state index is 0.0833. The number of nitrogens with two attached hydrogens (primary N) is 3. The van der Waals surface area contributed by atoms with Gasteiger partial charge >= 0.3 is 5.96 Å². The van der Waals surface area contributed by atoms with Gasteiger partial charge in [-0.2, -0.15) is 0 Å². The van der Waals surface area contributed by atoms with Crippen LogP contribution in [0.5, 0.6) is 0 Å². The first-order valence-electron chi connectivity index (χ1n) is 3.58. The van der Waals surface area contributed by atoms with Crippen LogP contribution in [0.25, 0.3) is 0 Å². The molecule has 15 heavy (non-hydrogen) atoms. The molecule has 0 saturated heterocycles. The zero-order chi connectivity index (χ0) is 12.1. The maximum Gasteiger partial charge on any atom is 0.336 e. The van der Waals surface area contributed by atoms with Crippen molar-refractivity contribution in [1.82, 2.24) is 0 Å². The highest BCUT2D eigenvalue weighted by Crippen LogP contribution is 2.08. The predicted octanol–water partition coefficient (Wildman–Crippen LogP) is -2.25. The molecule has 0 spiro atoms. The molecule has 0 unspecified atom stereocenters. The number of hydrogen-bond acceptors (Lipinski definition) is 3. The van der Waals surface area contributed by atoms with Crippen LogP contribution in [0.3, 0.4) is 0 Å². The van der Waals surface area contributed by atoms with E-state index < -0.39 is 20.8 Å². The highest BCUT2D eigenvalue weighted by Gasteiger charge is 2.00. The lowest BCUT2D eigenvalue weighted by atomic mass is 10.4. The van der Waals surface area contributed by atoms with Crippen molar-refractivity contribution >= 4 is 16.1 Å². The van der Waals surface area contributed by atoms with Crippen LogP contribution in [0.4, 0.5) is 4.39 Å². The number of benzene rings is 1. The highest BCUT2D eigenvalue weighted by molar-refractivity contribution is 7.85. The Morgan fingerprint density at radius 2 is 1.87 bits per heavy atom. The fourth-order valence-corrected chi connectivity index (χ4v) is 1.12. The van der Waals surface area contributed by atoms with E-state index in [2.05, 4.69) is 16.9 Å². The summed E-state index contributed by atoms with van der Waals surface area (Å²) in [6.07, 6.45) is 0. The molecule has 0 amide bonds. The summed E-state index contributed by atoms with van der Waals surface area (Å²) in [6.45, 7) is 0. The van der Waals surface area contributed by atoms with Crippen LogP contribution in [0.1, 0.15) is 0 Å². The molecule has 0 atom stereocenters. The topological polar surface area (TPSA) is 135 Å². The van der Waals surface area contributed by atoms with E-state index in [1.54, 1.807) is 0 Å². The Bertz CT molecular complexity index is 443. The van der Waals surface area contributed by atoms with Gasteiger partial charge in [0.15, 0.2) is 0 Å². The average Bonchev–Trinajstić information content (AvgIpc) is 2.01. The largest absolute Gasteiger partial charge is 0.744 e.